The van der Waals surface area contributed by atoms with Crippen LogP contribution < -0.4 is 5.32 Å². The molecule has 0 aromatic heterocycles. The van der Waals surface area contributed by atoms with Crippen molar-refractivity contribution in [1.82, 2.24) is 5.32 Å². The van der Waals surface area contributed by atoms with Crippen molar-refractivity contribution < 1.29 is 9.59 Å². The summed E-state index contributed by atoms with van der Waals surface area (Å²) in [7, 11) is 0. The fourth-order valence-electron chi connectivity index (χ4n) is 1.38. The molecule has 0 spiro atoms. The third-order valence-corrected chi connectivity index (χ3v) is 2.30. The second kappa shape index (κ2) is 2.45. The first kappa shape index (κ1) is 7.55. The maximum atomic E-state index is 11.1. The summed E-state index contributed by atoms with van der Waals surface area (Å²) in [6, 6.07) is 0. The van der Waals surface area contributed by atoms with E-state index in [4.69, 9.17) is 11.6 Å². The van der Waals surface area contributed by atoms with Crippen LogP contribution in [0.4, 0.5) is 0 Å². The van der Waals surface area contributed by atoms with E-state index < -0.39 is 5.91 Å². The molecule has 1 N–H and O–H groups in total. The molecule has 0 bridgehead atoms. The lowest BCUT2D eigenvalue weighted by molar-refractivity contribution is -0.136. The molecule has 1 aliphatic heterocycles. The van der Waals surface area contributed by atoms with Crippen LogP contribution in [0.2, 0.25) is 0 Å². The highest BCUT2D eigenvalue weighted by Crippen LogP contribution is 2.29. The summed E-state index contributed by atoms with van der Waals surface area (Å²) >= 11 is 5.72. The fraction of sp³-hybridized carbons (Fsp3) is 0.250. The molecule has 12 heavy (non-hydrogen) atoms. The molecule has 4 heteroatoms. The minimum absolute atomic E-state index is 0.352. The number of carbonyl (C=O) groups is 2. The number of carbonyl (C=O) groups excluding carboxylic acids is 2. The minimum atomic E-state index is -0.522. The van der Waals surface area contributed by atoms with Crippen molar-refractivity contribution in [2.45, 2.75) is 6.42 Å². The monoisotopic (exact) mass is 183 g/mol. The molecule has 1 atom stereocenters. The molecule has 1 amide bonds. The Kier molecular flexibility index (Phi) is 1.54. The Labute approximate surface area is 74.1 Å². The Balaban J connectivity index is 2.36. The highest BCUT2D eigenvalue weighted by molar-refractivity contribution is 6.41. The largest absolute Gasteiger partial charge is 0.322 e. The van der Waals surface area contributed by atoms with Crippen LogP contribution in [-0.4, -0.2) is 11.7 Å². The summed E-state index contributed by atoms with van der Waals surface area (Å²) in [4.78, 5) is 22.0. The molecule has 1 unspecified atom stereocenters. The lowest BCUT2D eigenvalue weighted by Crippen LogP contribution is -2.18. The van der Waals surface area contributed by atoms with Gasteiger partial charge in [-0.25, -0.2) is 0 Å². The van der Waals surface area contributed by atoms with Gasteiger partial charge in [-0.05, 0) is 18.6 Å². The lowest BCUT2D eigenvalue weighted by atomic mass is 9.96. The van der Waals surface area contributed by atoms with Crippen LogP contribution in [0.1, 0.15) is 6.42 Å². The third-order valence-electron chi connectivity index (χ3n) is 2.02. The number of ketones is 1. The minimum Gasteiger partial charge on any atom is -0.322 e. The molecule has 1 fully saturated rings. The first-order chi connectivity index (χ1) is 5.68. The van der Waals surface area contributed by atoms with Crippen molar-refractivity contribution in [3.05, 3.63) is 22.9 Å². The van der Waals surface area contributed by atoms with Crippen molar-refractivity contribution >= 4 is 23.3 Å². The van der Waals surface area contributed by atoms with Crippen LogP contribution in [0.5, 0.6) is 0 Å². The molecule has 0 saturated carbocycles. The number of hydrogen-bond acceptors (Lipinski definition) is 2. The van der Waals surface area contributed by atoms with Gasteiger partial charge in [0.15, 0.2) is 0 Å². The predicted molar refractivity (Wildman–Crippen MR) is 43.3 cm³/mol. The third kappa shape index (κ3) is 0.975. The number of halogens is 1. The van der Waals surface area contributed by atoms with Gasteiger partial charge < -0.3 is 5.32 Å². The van der Waals surface area contributed by atoms with Gasteiger partial charge >= 0.3 is 0 Å². The van der Waals surface area contributed by atoms with Gasteiger partial charge in [0.05, 0.1) is 5.92 Å². The molecule has 0 aromatic carbocycles. The number of hydrogen-bond donors (Lipinski definition) is 1. The maximum Gasteiger partial charge on any atom is 0.292 e. The molecule has 1 saturated heterocycles. The second-order valence-electron chi connectivity index (χ2n) is 2.81. The molecule has 1 aliphatic carbocycles. The summed E-state index contributed by atoms with van der Waals surface area (Å²) in [6.07, 6.45) is 3.83. The molecular formula is C8H6ClNO2. The molecule has 2 aliphatic rings. The van der Waals surface area contributed by atoms with Gasteiger partial charge in [0.1, 0.15) is 0 Å². The van der Waals surface area contributed by atoms with Crippen LogP contribution in [0.3, 0.4) is 0 Å². The number of fused-ring (bicyclic) bond motifs is 1. The fourth-order valence-corrected chi connectivity index (χ4v) is 1.60. The Hall–Kier alpha value is -1.09. The number of amides is 1. The smallest absolute Gasteiger partial charge is 0.292 e. The lowest BCUT2D eigenvalue weighted by Gasteiger charge is -2.11. The van der Waals surface area contributed by atoms with E-state index >= 15 is 0 Å². The van der Waals surface area contributed by atoms with Crippen molar-refractivity contribution in [2.75, 3.05) is 0 Å². The summed E-state index contributed by atoms with van der Waals surface area (Å²) in [5.74, 6) is -1.26. The van der Waals surface area contributed by atoms with Crippen LogP contribution >= 0.6 is 11.6 Å². The van der Waals surface area contributed by atoms with E-state index in [0.717, 1.165) is 0 Å². The Morgan fingerprint density at radius 2 is 2.17 bits per heavy atom. The van der Waals surface area contributed by atoms with Gasteiger partial charge in [-0.2, -0.15) is 0 Å². The van der Waals surface area contributed by atoms with Gasteiger partial charge in [0, 0.05) is 10.7 Å². The zero-order valence-electron chi connectivity index (χ0n) is 6.13. The Morgan fingerprint density at radius 3 is 2.92 bits per heavy atom. The topological polar surface area (TPSA) is 46.2 Å². The van der Waals surface area contributed by atoms with E-state index in [2.05, 4.69) is 5.32 Å². The Bertz CT molecular complexity index is 330. The van der Waals surface area contributed by atoms with E-state index in [0.29, 0.717) is 17.2 Å². The van der Waals surface area contributed by atoms with Crippen molar-refractivity contribution in [3.63, 3.8) is 0 Å². The number of rotatable bonds is 0. The first-order valence-electron chi connectivity index (χ1n) is 3.60. The number of nitrogens with one attached hydrogen (secondary N) is 1. The van der Waals surface area contributed by atoms with Crippen molar-refractivity contribution in [2.24, 2.45) is 5.92 Å². The molecule has 1 heterocycles. The van der Waals surface area contributed by atoms with Gasteiger partial charge in [-0.15, -0.1) is 0 Å². The van der Waals surface area contributed by atoms with E-state index in [-0.39, 0.29) is 11.7 Å². The highest BCUT2D eigenvalue weighted by Gasteiger charge is 2.37. The quantitative estimate of drug-likeness (QED) is 0.563. The molecular weight excluding hydrogens is 178 g/mol. The van der Waals surface area contributed by atoms with E-state index in [1.807, 2.05) is 0 Å². The van der Waals surface area contributed by atoms with Gasteiger partial charge in [-0.1, -0.05) is 11.6 Å². The number of allylic oxidation sites excluding steroid dienone is 4. The van der Waals surface area contributed by atoms with Gasteiger partial charge in [0.25, 0.3) is 5.91 Å². The standard InChI is InChI=1S/C8H6ClNO2/c9-4-1-2-6-5(3-4)7(11)8(12)10-6/h1-2,5H,3H2,(H,10,12). The zero-order valence-corrected chi connectivity index (χ0v) is 6.89. The average Bonchev–Trinajstić information content (AvgIpc) is 2.31. The van der Waals surface area contributed by atoms with Crippen molar-refractivity contribution in [1.29, 1.82) is 0 Å². The first-order valence-corrected chi connectivity index (χ1v) is 3.98. The SMILES string of the molecule is O=C1NC2=CC=C(Cl)CC2C1=O. The summed E-state index contributed by atoms with van der Waals surface area (Å²) in [5, 5.41) is 3.11. The van der Waals surface area contributed by atoms with E-state index in [1.54, 1.807) is 12.2 Å². The molecule has 2 rings (SSSR count). The maximum absolute atomic E-state index is 11.1. The van der Waals surface area contributed by atoms with Crippen LogP contribution in [0.15, 0.2) is 22.9 Å². The van der Waals surface area contributed by atoms with Crippen molar-refractivity contribution in [3.8, 4) is 0 Å². The summed E-state index contributed by atoms with van der Waals surface area (Å²) < 4.78 is 0. The highest BCUT2D eigenvalue weighted by atomic mass is 35.5. The van der Waals surface area contributed by atoms with Gasteiger partial charge in [-0.3, -0.25) is 9.59 Å². The van der Waals surface area contributed by atoms with Crippen LogP contribution in [-0.2, 0) is 9.59 Å². The Morgan fingerprint density at radius 1 is 1.42 bits per heavy atom. The summed E-state index contributed by atoms with van der Waals surface area (Å²) in [6.45, 7) is 0. The van der Waals surface area contributed by atoms with E-state index in [9.17, 15) is 9.59 Å². The predicted octanol–water partition coefficient (Wildman–Crippen LogP) is 0.712. The normalized spacial score (nSPS) is 27.6. The molecule has 0 aromatic rings. The van der Waals surface area contributed by atoms with E-state index in [1.165, 1.54) is 0 Å². The van der Waals surface area contributed by atoms with Gasteiger partial charge in [0.2, 0.25) is 5.78 Å². The second-order valence-corrected chi connectivity index (χ2v) is 3.30. The summed E-state index contributed by atoms with van der Waals surface area (Å²) in [5.41, 5.74) is 0.675. The molecule has 3 nitrogen and oxygen atoms in total. The number of Topliss-reactive ketones (excluding diaryl/α,β-unsaturated/α-hetero) is 1. The molecule has 62 valence electrons. The average molecular weight is 184 g/mol. The van der Waals surface area contributed by atoms with Crippen LogP contribution in [0.25, 0.3) is 0 Å². The zero-order chi connectivity index (χ0) is 8.72. The molecule has 0 radical (unpaired) electrons. The van der Waals surface area contributed by atoms with Crippen LogP contribution in [0, 0.1) is 5.92 Å².